The predicted octanol–water partition coefficient (Wildman–Crippen LogP) is 3.52. The molecule has 0 spiro atoms. The van der Waals surface area contributed by atoms with Gasteiger partial charge in [0.05, 0.1) is 5.39 Å². The van der Waals surface area contributed by atoms with E-state index >= 15 is 0 Å². The van der Waals surface area contributed by atoms with Crippen LogP contribution in [0.2, 0.25) is 19.6 Å². The molecule has 0 fully saturated rings. The van der Waals surface area contributed by atoms with Crippen LogP contribution in [0.4, 0.5) is 0 Å². The molecule has 0 aliphatic carbocycles. The average Bonchev–Trinajstić information content (AvgIpc) is 2.99. The summed E-state index contributed by atoms with van der Waals surface area (Å²) in [5, 5.41) is 23.9. The summed E-state index contributed by atoms with van der Waals surface area (Å²) in [5.74, 6) is 1.07. The van der Waals surface area contributed by atoms with Gasteiger partial charge < -0.3 is 14.7 Å². The van der Waals surface area contributed by atoms with Crippen LogP contribution < -0.4 is 0 Å². The molecule has 126 valence electrons. The van der Waals surface area contributed by atoms with Crippen molar-refractivity contribution in [3.8, 4) is 28.5 Å². The summed E-state index contributed by atoms with van der Waals surface area (Å²) >= 11 is 0. The molecule has 0 bridgehead atoms. The Kier molecular flexibility index (Phi) is 4.06. The third-order valence-corrected chi connectivity index (χ3v) is 4.27. The van der Waals surface area contributed by atoms with Crippen LogP contribution in [0.15, 0.2) is 34.9 Å². The SMILES string of the molecule is C[Si](C)(C)C#Cc1nc(C(=O)O)c(O)c2onc(-c3ccccc3)c12. The van der Waals surface area contributed by atoms with E-state index < -0.39 is 25.5 Å². The third-order valence-electron chi connectivity index (χ3n) is 3.40. The molecule has 0 atom stereocenters. The van der Waals surface area contributed by atoms with Crippen molar-refractivity contribution in [3.63, 3.8) is 0 Å². The highest BCUT2D eigenvalue weighted by molar-refractivity contribution is 6.83. The molecule has 3 rings (SSSR count). The predicted molar refractivity (Wildman–Crippen MR) is 96.1 cm³/mol. The van der Waals surface area contributed by atoms with Crippen molar-refractivity contribution < 1.29 is 19.5 Å². The van der Waals surface area contributed by atoms with Crippen LogP contribution in [0.25, 0.3) is 22.2 Å². The van der Waals surface area contributed by atoms with Gasteiger partial charge in [0.15, 0.2) is 11.4 Å². The second kappa shape index (κ2) is 6.07. The van der Waals surface area contributed by atoms with E-state index in [1.165, 1.54) is 0 Å². The molecule has 1 aromatic carbocycles. The van der Waals surface area contributed by atoms with Crippen LogP contribution in [-0.4, -0.2) is 34.4 Å². The van der Waals surface area contributed by atoms with Gasteiger partial charge in [0.1, 0.15) is 19.5 Å². The van der Waals surface area contributed by atoms with Crippen LogP contribution in [0.3, 0.4) is 0 Å². The maximum atomic E-state index is 11.4. The van der Waals surface area contributed by atoms with E-state index in [-0.39, 0.29) is 11.3 Å². The maximum Gasteiger partial charge on any atom is 0.358 e. The molecule has 0 aliphatic rings. The fraction of sp³-hybridized carbons (Fsp3) is 0.167. The van der Waals surface area contributed by atoms with Gasteiger partial charge in [0.25, 0.3) is 0 Å². The van der Waals surface area contributed by atoms with E-state index in [2.05, 4.69) is 41.2 Å². The lowest BCUT2D eigenvalue weighted by molar-refractivity contribution is 0.0687. The van der Waals surface area contributed by atoms with Crippen LogP contribution in [0.1, 0.15) is 16.2 Å². The number of carbonyl (C=O) groups is 1. The van der Waals surface area contributed by atoms with E-state index in [4.69, 9.17) is 4.52 Å². The van der Waals surface area contributed by atoms with Crippen molar-refractivity contribution in [1.82, 2.24) is 10.1 Å². The third kappa shape index (κ3) is 3.25. The first-order valence-electron chi connectivity index (χ1n) is 7.62. The van der Waals surface area contributed by atoms with Gasteiger partial charge in [-0.2, -0.15) is 0 Å². The van der Waals surface area contributed by atoms with Crippen LogP contribution in [-0.2, 0) is 0 Å². The first-order valence-corrected chi connectivity index (χ1v) is 11.1. The zero-order valence-electron chi connectivity index (χ0n) is 14.0. The summed E-state index contributed by atoms with van der Waals surface area (Å²) in [6, 6.07) is 9.25. The Bertz CT molecular complexity index is 1020. The number of benzene rings is 1. The highest BCUT2D eigenvalue weighted by Crippen LogP contribution is 2.36. The molecule has 0 aliphatic heterocycles. The Hall–Kier alpha value is -3.11. The number of hydrogen-bond acceptors (Lipinski definition) is 5. The number of aromatic nitrogens is 2. The molecule has 3 aromatic rings. The van der Waals surface area contributed by atoms with E-state index in [1.807, 2.05) is 30.3 Å². The monoisotopic (exact) mass is 352 g/mol. The maximum absolute atomic E-state index is 11.4. The molecular weight excluding hydrogens is 336 g/mol. The van der Waals surface area contributed by atoms with Crippen molar-refractivity contribution in [1.29, 1.82) is 0 Å². The lowest BCUT2D eigenvalue weighted by atomic mass is 10.1. The Morgan fingerprint density at radius 1 is 1.20 bits per heavy atom. The lowest BCUT2D eigenvalue weighted by Gasteiger charge is -2.05. The van der Waals surface area contributed by atoms with Gasteiger partial charge in [0, 0.05) is 5.56 Å². The smallest absolute Gasteiger partial charge is 0.358 e. The number of hydrogen-bond donors (Lipinski definition) is 2. The fourth-order valence-corrected chi connectivity index (χ4v) is 2.77. The summed E-state index contributed by atoms with van der Waals surface area (Å²) < 4.78 is 5.24. The molecular formula is C18H16N2O4Si. The van der Waals surface area contributed by atoms with Gasteiger partial charge >= 0.3 is 5.97 Å². The number of carboxylic acids is 1. The largest absolute Gasteiger partial charge is 0.502 e. The van der Waals surface area contributed by atoms with Gasteiger partial charge in [-0.15, -0.1) is 5.54 Å². The number of aromatic carboxylic acids is 1. The van der Waals surface area contributed by atoms with Gasteiger partial charge in [-0.05, 0) is 0 Å². The van der Waals surface area contributed by atoms with Crippen molar-refractivity contribution in [2.75, 3.05) is 0 Å². The number of carboxylic acid groups (broad SMARTS) is 1. The molecule has 25 heavy (non-hydrogen) atoms. The fourth-order valence-electron chi connectivity index (χ4n) is 2.28. The quantitative estimate of drug-likeness (QED) is 0.541. The Labute approximate surface area is 145 Å². The Balaban J connectivity index is 2.37. The molecule has 0 saturated heterocycles. The standard InChI is InChI=1S/C18H16N2O4Si/c1-25(2,3)10-9-12-13-14(11-7-5-4-6-8-11)20-24-17(13)16(21)15(19-12)18(22)23/h4-8,21H,1-3H3,(H,22,23). The van der Waals surface area contributed by atoms with Crippen molar-refractivity contribution in [3.05, 3.63) is 41.7 Å². The number of pyridine rings is 1. The van der Waals surface area contributed by atoms with E-state index in [1.54, 1.807) is 0 Å². The first-order chi connectivity index (χ1) is 11.8. The van der Waals surface area contributed by atoms with Gasteiger partial charge in [0.2, 0.25) is 5.58 Å². The Morgan fingerprint density at radius 3 is 2.48 bits per heavy atom. The van der Waals surface area contributed by atoms with Gasteiger partial charge in [-0.3, -0.25) is 0 Å². The highest BCUT2D eigenvalue weighted by atomic mass is 28.3. The topological polar surface area (TPSA) is 96.5 Å². The molecule has 0 saturated carbocycles. The van der Waals surface area contributed by atoms with Crippen LogP contribution >= 0.6 is 0 Å². The number of aromatic hydroxyl groups is 1. The van der Waals surface area contributed by atoms with Gasteiger partial charge in [-0.25, -0.2) is 9.78 Å². The second-order valence-electron chi connectivity index (χ2n) is 6.56. The van der Waals surface area contributed by atoms with Crippen molar-refractivity contribution in [2.45, 2.75) is 19.6 Å². The highest BCUT2D eigenvalue weighted by Gasteiger charge is 2.25. The average molecular weight is 352 g/mol. The van der Waals surface area contributed by atoms with Crippen molar-refractivity contribution in [2.24, 2.45) is 0 Å². The number of nitrogens with zero attached hydrogens (tertiary/aromatic N) is 2. The number of rotatable bonds is 2. The molecule has 0 unspecified atom stereocenters. The molecule has 2 heterocycles. The minimum absolute atomic E-state index is 0.0221. The molecule has 6 nitrogen and oxygen atoms in total. The summed E-state index contributed by atoms with van der Waals surface area (Å²) in [6.45, 7) is 6.21. The summed E-state index contributed by atoms with van der Waals surface area (Å²) in [7, 11) is -1.72. The van der Waals surface area contributed by atoms with Crippen molar-refractivity contribution >= 4 is 25.0 Å². The normalized spacial score (nSPS) is 11.2. The second-order valence-corrected chi connectivity index (χ2v) is 11.3. The molecule has 0 radical (unpaired) electrons. The lowest BCUT2D eigenvalue weighted by Crippen LogP contribution is -2.16. The molecule has 2 aromatic heterocycles. The summed E-state index contributed by atoms with van der Waals surface area (Å²) in [6.07, 6.45) is 0. The molecule has 7 heteroatoms. The van der Waals surface area contributed by atoms with E-state index in [0.29, 0.717) is 11.1 Å². The number of fused-ring (bicyclic) bond motifs is 1. The zero-order chi connectivity index (χ0) is 18.2. The minimum atomic E-state index is -1.72. The molecule has 2 N–H and O–H groups in total. The van der Waals surface area contributed by atoms with Crippen LogP contribution in [0, 0.1) is 11.5 Å². The molecule has 0 amide bonds. The van der Waals surface area contributed by atoms with Crippen LogP contribution in [0.5, 0.6) is 5.75 Å². The minimum Gasteiger partial charge on any atom is -0.502 e. The summed E-state index contributed by atoms with van der Waals surface area (Å²) in [5.41, 5.74) is 4.12. The van der Waals surface area contributed by atoms with Gasteiger partial charge in [-0.1, -0.05) is 61.0 Å². The van der Waals surface area contributed by atoms with E-state index in [0.717, 1.165) is 5.56 Å². The summed E-state index contributed by atoms with van der Waals surface area (Å²) in [4.78, 5) is 15.4. The first kappa shape index (κ1) is 16.7. The zero-order valence-corrected chi connectivity index (χ0v) is 15.0. The van der Waals surface area contributed by atoms with E-state index in [9.17, 15) is 15.0 Å². The Morgan fingerprint density at radius 2 is 1.88 bits per heavy atom.